The van der Waals surface area contributed by atoms with Crippen molar-refractivity contribution in [2.45, 2.75) is 128 Å². The average molecular weight is 1170 g/mol. The number of rotatable bonds is 10. The number of aliphatic hydroxyl groups is 2. The van der Waals surface area contributed by atoms with Crippen LogP contribution in [0.4, 0.5) is 13.2 Å². The fourth-order valence-electron chi connectivity index (χ4n) is 14.0. The molecule has 2 spiro atoms. The zero-order valence-electron chi connectivity index (χ0n) is 49.3. The van der Waals surface area contributed by atoms with Crippen molar-refractivity contribution < 1.29 is 61.3 Å². The number of benzene rings is 3. The first-order valence-electron chi connectivity index (χ1n) is 29.5. The molecule has 6 aliphatic carbocycles. The minimum atomic E-state index is -0.718. The number of Topliss-reactive ketones (excluding diaryl/α,β-unsaturated/α-hetero) is 1. The topological polar surface area (TPSA) is 176 Å². The fraction of sp³-hybridized carbons (Fsp3) is 0.485. The molecule has 6 aromatic rings. The van der Waals surface area contributed by atoms with Gasteiger partial charge in [0.05, 0.1) is 97.8 Å². The van der Waals surface area contributed by atoms with Crippen LogP contribution >= 0.6 is 0 Å². The van der Waals surface area contributed by atoms with E-state index in [1.165, 1.54) is 71.4 Å². The number of carbonyl (C=O) groups excluding carboxylic acids is 1. The highest BCUT2D eigenvalue weighted by molar-refractivity contribution is 5.91. The monoisotopic (exact) mass is 1170 g/mol. The summed E-state index contributed by atoms with van der Waals surface area (Å²) in [6, 6.07) is 19.2. The van der Waals surface area contributed by atoms with Crippen molar-refractivity contribution in [2.75, 3.05) is 61.0 Å². The van der Waals surface area contributed by atoms with Crippen molar-refractivity contribution in [3.63, 3.8) is 0 Å². The maximum atomic E-state index is 13.3. The first kappa shape index (κ1) is 60.3. The first-order valence-corrected chi connectivity index (χ1v) is 29.5. The van der Waals surface area contributed by atoms with Gasteiger partial charge in [-0.3, -0.25) is 4.79 Å². The van der Waals surface area contributed by atoms with E-state index in [0.29, 0.717) is 45.1 Å². The maximum absolute atomic E-state index is 13.3. The number of aliphatic hydroxyl groups excluding tert-OH is 2. The predicted octanol–water partition coefficient (Wildman–Crippen LogP) is 10.5. The first-order chi connectivity index (χ1) is 41.0. The molecule has 5 unspecified atom stereocenters. The van der Waals surface area contributed by atoms with Gasteiger partial charge in [0.2, 0.25) is 0 Å². The van der Waals surface area contributed by atoms with Gasteiger partial charge in [0.15, 0.2) is 11.6 Å². The second kappa shape index (κ2) is 24.8. The van der Waals surface area contributed by atoms with Gasteiger partial charge >= 0.3 is 0 Å². The Labute approximate surface area is 494 Å². The molecule has 5 heterocycles. The van der Waals surface area contributed by atoms with Crippen LogP contribution in [0.25, 0.3) is 35.3 Å². The van der Waals surface area contributed by atoms with E-state index in [1.54, 1.807) is 50.6 Å². The summed E-state index contributed by atoms with van der Waals surface area (Å²) in [6.45, 7) is 8.77. The predicted molar refractivity (Wildman–Crippen MR) is 312 cm³/mol. The van der Waals surface area contributed by atoms with E-state index < -0.39 is 17.7 Å². The Balaban J connectivity index is 0.000000126. The lowest BCUT2D eigenvalue weighted by molar-refractivity contribution is -0.244. The molecule has 0 amide bonds. The van der Waals surface area contributed by atoms with E-state index in [1.807, 2.05) is 32.6 Å². The summed E-state index contributed by atoms with van der Waals surface area (Å²) in [7, 11) is 4.86. The minimum absolute atomic E-state index is 0.0236. The van der Waals surface area contributed by atoms with Crippen molar-refractivity contribution in [3.8, 4) is 17.1 Å². The molecular weight excluding hydrogens is 1090 g/mol. The van der Waals surface area contributed by atoms with E-state index in [9.17, 15) is 18.0 Å². The molecular formula is C66H77F3N6O10. The van der Waals surface area contributed by atoms with Gasteiger partial charge in [-0.25, -0.2) is 27.2 Å². The third kappa shape index (κ3) is 11.5. The van der Waals surface area contributed by atoms with Crippen molar-refractivity contribution >= 4 is 24.0 Å². The number of nitrogens with zero attached hydrogens (tertiary/aromatic N) is 6. The van der Waals surface area contributed by atoms with Gasteiger partial charge in [-0.15, -0.1) is 0 Å². The summed E-state index contributed by atoms with van der Waals surface area (Å²) < 4.78 is 86.0. The number of hydrogen-bond acceptors (Lipinski definition) is 13. The van der Waals surface area contributed by atoms with Gasteiger partial charge in [-0.05, 0) is 172 Å². The van der Waals surface area contributed by atoms with Crippen LogP contribution < -0.4 is 0 Å². The summed E-state index contributed by atoms with van der Waals surface area (Å²) >= 11 is 0. The summed E-state index contributed by atoms with van der Waals surface area (Å²) in [5, 5.41) is 30.3. The van der Waals surface area contributed by atoms with Crippen molar-refractivity contribution in [1.82, 2.24) is 29.3 Å². The van der Waals surface area contributed by atoms with Crippen LogP contribution in [0.3, 0.4) is 0 Å². The smallest absolute Gasteiger partial charge is 0.178 e. The number of allylic oxidation sites excluding steroid dienone is 1. The molecule has 5 fully saturated rings. The van der Waals surface area contributed by atoms with Gasteiger partial charge in [-0.2, -0.15) is 15.3 Å². The Kier molecular flexibility index (Phi) is 17.6. The minimum Gasteiger partial charge on any atom is -0.394 e. The molecule has 8 atom stereocenters. The van der Waals surface area contributed by atoms with Crippen molar-refractivity contribution in [3.05, 3.63) is 159 Å². The van der Waals surface area contributed by atoms with E-state index in [2.05, 4.69) is 59.0 Å². The molecule has 14 rings (SSSR count). The van der Waals surface area contributed by atoms with E-state index >= 15 is 0 Å². The summed E-state index contributed by atoms with van der Waals surface area (Å²) in [6.07, 6.45) is 22.3. The third-order valence-corrected chi connectivity index (χ3v) is 18.6. The van der Waals surface area contributed by atoms with Crippen LogP contribution in [0.1, 0.15) is 112 Å². The highest BCUT2D eigenvalue weighted by atomic mass is 19.1. The number of fused-ring (bicyclic) bond motifs is 8. The molecule has 3 aromatic heterocycles. The molecule has 3 aromatic carbocycles. The molecule has 2 aliphatic heterocycles. The van der Waals surface area contributed by atoms with E-state index in [4.69, 9.17) is 38.6 Å². The summed E-state index contributed by atoms with van der Waals surface area (Å²) in [4.78, 5) is 12.4. The number of hydrogen-bond donors (Lipinski definition) is 2. The lowest BCUT2D eigenvalue weighted by Gasteiger charge is -2.51. The normalized spacial score (nSPS) is 28.1. The Morgan fingerprint density at radius 2 is 0.953 bits per heavy atom. The molecule has 85 heavy (non-hydrogen) atoms. The highest BCUT2D eigenvalue weighted by Crippen LogP contribution is 2.59. The standard InChI is InChI=1S/2C22H25FN2O3.C18H17FN2O.C4H10O3/c2*1-21-11-15-12-24-25(18-7-5-17(23)6-8-18)20(15)10-16(21)4-3-9-22(21)27-14-19(28-22)13-26-2;1-18-10-12-11-20-21(15-7-5-14(19)6-8-15)16(12)9-13(18)3-2-4-17(18)22;1-7-3-4(6)2-5/h2*5-8,10,12,19H,3-4,9,11,13-14H2,1-2H3;5-9,11H,2-4,10H2,1H3;4-6H,2-3H2,1H3/t2*19?,21-,22?;18-;/m000./s1. The molecule has 16 nitrogen and oxygen atoms in total. The Hall–Kier alpha value is -6.39. The Bertz CT molecular complexity index is 3300. The van der Waals surface area contributed by atoms with Gasteiger partial charge in [0.1, 0.15) is 41.5 Å². The van der Waals surface area contributed by atoms with Crippen molar-refractivity contribution in [2.24, 2.45) is 16.2 Å². The zero-order valence-corrected chi connectivity index (χ0v) is 49.3. The van der Waals surface area contributed by atoms with Crippen LogP contribution in [0.2, 0.25) is 0 Å². The van der Waals surface area contributed by atoms with E-state index in [-0.39, 0.29) is 59.1 Å². The SMILES string of the molecule is COCC(O)CO.COCC1COC2(CCCC3=Cc4c(cnn4-c4ccc(F)cc4)C[C@@]32C)O1.COCC1COC2(CCCC3=Cc4c(cnn4-c4ccc(F)cc4)C[C@@]32C)O1.C[C@]12Cc3cnn(-c4ccc(F)cc4)c3C=C1CCCC2=O. The number of methoxy groups -OCH3 is 3. The fourth-order valence-corrected chi connectivity index (χ4v) is 14.0. The molecule has 0 bridgehead atoms. The lowest BCUT2D eigenvalue weighted by atomic mass is 9.62. The van der Waals surface area contributed by atoms with Crippen LogP contribution in [-0.4, -0.2) is 136 Å². The van der Waals surface area contributed by atoms with Gasteiger partial charge in [-0.1, -0.05) is 30.6 Å². The second-order valence-corrected chi connectivity index (χ2v) is 24.2. The third-order valence-electron chi connectivity index (χ3n) is 18.6. The second-order valence-electron chi connectivity index (χ2n) is 24.2. The summed E-state index contributed by atoms with van der Waals surface area (Å²) in [5.41, 5.74) is 12.2. The molecule has 0 radical (unpaired) electrons. The molecule has 3 saturated carbocycles. The average Bonchev–Trinajstić information content (AvgIpc) is 1.78. The molecule has 19 heteroatoms. The molecule has 2 N–H and O–H groups in total. The molecule has 452 valence electrons. The van der Waals surface area contributed by atoms with Gasteiger partial charge in [0.25, 0.3) is 0 Å². The largest absolute Gasteiger partial charge is 0.394 e. The van der Waals surface area contributed by atoms with Crippen LogP contribution in [-0.2, 0) is 57.2 Å². The Morgan fingerprint density at radius 3 is 1.33 bits per heavy atom. The highest BCUT2D eigenvalue weighted by Gasteiger charge is 2.61. The van der Waals surface area contributed by atoms with Gasteiger partial charge in [0, 0.05) is 51.4 Å². The van der Waals surface area contributed by atoms with E-state index in [0.717, 1.165) is 104 Å². The molecule has 2 saturated heterocycles. The molecule has 8 aliphatic rings. The van der Waals surface area contributed by atoms with Gasteiger partial charge < -0.3 is 43.4 Å². The maximum Gasteiger partial charge on any atom is 0.178 e. The Morgan fingerprint density at radius 1 is 0.565 bits per heavy atom. The number of ketones is 1. The number of carbonyl (C=O) groups is 1. The summed E-state index contributed by atoms with van der Waals surface area (Å²) in [5.74, 6) is -1.61. The zero-order chi connectivity index (χ0) is 59.7. The van der Waals surface area contributed by atoms with Crippen LogP contribution in [0, 0.1) is 33.7 Å². The van der Waals surface area contributed by atoms with Crippen LogP contribution in [0.5, 0.6) is 0 Å². The quantitative estimate of drug-likeness (QED) is 0.133. The lowest BCUT2D eigenvalue weighted by Crippen LogP contribution is -2.53. The number of halogens is 3. The number of ether oxygens (including phenoxy) is 7. The van der Waals surface area contributed by atoms with Crippen LogP contribution in [0.15, 0.2) is 108 Å². The number of aromatic nitrogens is 6. The van der Waals surface area contributed by atoms with Crippen molar-refractivity contribution in [1.29, 1.82) is 0 Å².